The van der Waals surface area contributed by atoms with E-state index in [-0.39, 0.29) is 18.3 Å². The van der Waals surface area contributed by atoms with Crippen molar-refractivity contribution in [2.24, 2.45) is 0 Å². The van der Waals surface area contributed by atoms with Crippen LogP contribution in [0.1, 0.15) is 11.1 Å². The van der Waals surface area contributed by atoms with Crippen LogP contribution >= 0.6 is 11.6 Å². The van der Waals surface area contributed by atoms with Crippen molar-refractivity contribution in [3.63, 3.8) is 0 Å². The Morgan fingerprint density at radius 1 is 1.04 bits per heavy atom. The summed E-state index contributed by atoms with van der Waals surface area (Å²) in [5.41, 5.74) is 1.85. The molecule has 2 rings (SSSR count). The lowest BCUT2D eigenvalue weighted by atomic mass is 10.1. The molecule has 9 heteroatoms. The molecule has 148 valence electrons. The molecule has 0 heterocycles. The Bertz CT molecular complexity index is 837. The Morgan fingerprint density at radius 2 is 1.56 bits per heavy atom. The van der Waals surface area contributed by atoms with E-state index < -0.39 is 21.5 Å². The summed E-state index contributed by atoms with van der Waals surface area (Å²) in [7, 11) is -3.54. The summed E-state index contributed by atoms with van der Waals surface area (Å²) >= 11 is 5.66. The van der Waals surface area contributed by atoms with E-state index in [0.717, 1.165) is 17.4 Å². The maximum atomic E-state index is 11.0. The molecule has 1 atom stereocenters. The molecule has 27 heavy (non-hydrogen) atoms. The van der Waals surface area contributed by atoms with Gasteiger partial charge in [0.05, 0.1) is 24.2 Å². The first kappa shape index (κ1) is 22.8. The molecular formula is C18H22ClNO6S. The van der Waals surface area contributed by atoms with Gasteiger partial charge < -0.3 is 25.0 Å². The summed E-state index contributed by atoms with van der Waals surface area (Å²) in [6.07, 6.45) is 1.85. The standard InChI is InChI=1S/C18H19ClO6S.H3N/c1-26(22,23)25-16-8-6-15(7-9-16)24-11-10-13-2-4-14(5-3-13)12-17(19)18(20)21;/h2-9,17H,10-12H2,1H3,(H,20,21);1H3. The predicted molar refractivity (Wildman–Crippen MR) is 102 cm³/mol. The first-order valence-corrected chi connectivity index (χ1v) is 10.0. The smallest absolute Gasteiger partial charge is 0.306 e. The lowest BCUT2D eigenvalue weighted by Crippen LogP contribution is -2.33. The first-order valence-electron chi connectivity index (χ1n) is 7.78. The number of aliphatic carboxylic acids is 1. The SMILES string of the molecule is CS(=O)(=O)Oc1ccc(OCCc2ccc(CC(Cl)C(=O)[O-])cc2)cc1.[NH4+]. The van der Waals surface area contributed by atoms with Gasteiger partial charge in [-0.15, -0.1) is 11.6 Å². The van der Waals surface area contributed by atoms with Gasteiger partial charge in [-0.05, 0) is 41.8 Å². The average molecular weight is 416 g/mol. The summed E-state index contributed by atoms with van der Waals surface area (Å²) in [6, 6.07) is 13.7. The van der Waals surface area contributed by atoms with Gasteiger partial charge in [0.1, 0.15) is 11.5 Å². The van der Waals surface area contributed by atoms with E-state index in [1.54, 1.807) is 12.1 Å². The summed E-state index contributed by atoms with van der Waals surface area (Å²) in [5.74, 6) is -0.455. The van der Waals surface area contributed by atoms with E-state index in [1.807, 2.05) is 24.3 Å². The number of halogens is 1. The second kappa shape index (κ2) is 10.1. The van der Waals surface area contributed by atoms with Crippen LogP contribution in [0.15, 0.2) is 48.5 Å². The minimum Gasteiger partial charge on any atom is -0.549 e. The molecular weight excluding hydrogens is 394 g/mol. The third-order valence-electron chi connectivity index (χ3n) is 3.42. The highest BCUT2D eigenvalue weighted by molar-refractivity contribution is 7.86. The summed E-state index contributed by atoms with van der Waals surface area (Å²) in [4.78, 5) is 10.6. The second-order valence-electron chi connectivity index (χ2n) is 5.66. The Hall–Kier alpha value is -2.29. The van der Waals surface area contributed by atoms with Crippen LogP contribution < -0.4 is 20.2 Å². The number of benzene rings is 2. The van der Waals surface area contributed by atoms with Crippen molar-refractivity contribution in [3.8, 4) is 11.5 Å². The van der Waals surface area contributed by atoms with E-state index in [4.69, 9.17) is 20.5 Å². The van der Waals surface area contributed by atoms with Crippen molar-refractivity contribution in [1.82, 2.24) is 6.15 Å². The van der Waals surface area contributed by atoms with Crippen LogP contribution in [0.2, 0.25) is 0 Å². The number of quaternary nitrogens is 1. The molecule has 2 aromatic rings. The van der Waals surface area contributed by atoms with Gasteiger partial charge in [-0.2, -0.15) is 8.42 Å². The number of rotatable bonds is 9. The van der Waals surface area contributed by atoms with Crippen molar-refractivity contribution >= 4 is 27.7 Å². The van der Waals surface area contributed by atoms with Gasteiger partial charge in [-0.1, -0.05) is 24.3 Å². The number of hydrogen-bond donors (Lipinski definition) is 1. The van der Waals surface area contributed by atoms with Crippen LogP contribution in [-0.2, 0) is 27.8 Å². The molecule has 1 unspecified atom stereocenters. The zero-order valence-electron chi connectivity index (χ0n) is 15.1. The average Bonchev–Trinajstić information content (AvgIpc) is 2.56. The molecule has 0 aliphatic rings. The number of carboxylic acid groups (broad SMARTS) is 1. The molecule has 4 N–H and O–H groups in total. The molecule has 0 spiro atoms. The van der Waals surface area contributed by atoms with E-state index in [9.17, 15) is 18.3 Å². The second-order valence-corrected chi connectivity index (χ2v) is 7.77. The quantitative estimate of drug-likeness (QED) is 0.492. The van der Waals surface area contributed by atoms with Crippen molar-refractivity contribution in [3.05, 3.63) is 59.7 Å². The van der Waals surface area contributed by atoms with Crippen LogP contribution in [0.3, 0.4) is 0 Å². The van der Waals surface area contributed by atoms with Crippen LogP contribution in [0.25, 0.3) is 0 Å². The van der Waals surface area contributed by atoms with Crippen LogP contribution in [0.5, 0.6) is 11.5 Å². The maximum absolute atomic E-state index is 11.0. The molecule has 0 aliphatic heterocycles. The van der Waals surface area contributed by atoms with Gasteiger partial charge in [0, 0.05) is 6.42 Å². The highest BCUT2D eigenvalue weighted by atomic mass is 35.5. The molecule has 0 saturated heterocycles. The van der Waals surface area contributed by atoms with E-state index in [2.05, 4.69) is 0 Å². The van der Waals surface area contributed by atoms with Crippen molar-refractivity contribution in [1.29, 1.82) is 0 Å². The number of carbonyl (C=O) groups is 1. The lowest BCUT2D eigenvalue weighted by Gasteiger charge is -2.11. The molecule has 2 aromatic carbocycles. The number of hydrogen-bond acceptors (Lipinski definition) is 6. The van der Waals surface area contributed by atoms with Gasteiger partial charge in [-0.25, -0.2) is 0 Å². The fourth-order valence-electron chi connectivity index (χ4n) is 2.19. The van der Waals surface area contributed by atoms with E-state index in [1.165, 1.54) is 12.1 Å². The monoisotopic (exact) mass is 415 g/mol. The van der Waals surface area contributed by atoms with Crippen LogP contribution in [0, 0.1) is 0 Å². The van der Waals surface area contributed by atoms with Crippen LogP contribution in [-0.4, -0.2) is 32.6 Å². The van der Waals surface area contributed by atoms with Gasteiger partial charge in [-0.3, -0.25) is 0 Å². The predicted octanol–water partition coefficient (Wildman–Crippen LogP) is 1.92. The number of carboxylic acids is 1. The molecule has 0 saturated carbocycles. The zero-order valence-corrected chi connectivity index (χ0v) is 16.6. The fourth-order valence-corrected chi connectivity index (χ4v) is 2.82. The molecule has 0 aromatic heterocycles. The summed E-state index contributed by atoms with van der Waals surface area (Å²) < 4.78 is 32.4. The molecule has 0 fully saturated rings. The molecule has 0 aliphatic carbocycles. The highest BCUT2D eigenvalue weighted by Gasteiger charge is 2.07. The normalized spacial score (nSPS) is 11.9. The third-order valence-corrected chi connectivity index (χ3v) is 4.25. The third kappa shape index (κ3) is 8.29. The molecule has 7 nitrogen and oxygen atoms in total. The summed E-state index contributed by atoms with van der Waals surface area (Å²) in [6.45, 7) is 0.433. The highest BCUT2D eigenvalue weighted by Crippen LogP contribution is 2.19. The van der Waals surface area contributed by atoms with Crippen LogP contribution in [0.4, 0.5) is 0 Å². The van der Waals surface area contributed by atoms with Crippen molar-refractivity contribution in [2.45, 2.75) is 18.2 Å². The Balaban J connectivity index is 0.00000364. The minimum atomic E-state index is -3.54. The zero-order chi connectivity index (χ0) is 19.2. The number of ether oxygens (including phenoxy) is 1. The maximum Gasteiger partial charge on any atom is 0.306 e. The molecule has 0 bridgehead atoms. The molecule has 0 amide bonds. The van der Waals surface area contributed by atoms with Crippen molar-refractivity contribution in [2.75, 3.05) is 12.9 Å². The van der Waals surface area contributed by atoms with Gasteiger partial charge in [0.15, 0.2) is 0 Å². The minimum absolute atomic E-state index is 0. The topological polar surface area (TPSA) is 129 Å². The Morgan fingerprint density at radius 3 is 2.07 bits per heavy atom. The van der Waals surface area contributed by atoms with Crippen molar-refractivity contribution < 1.29 is 27.2 Å². The fraction of sp³-hybridized carbons (Fsp3) is 0.278. The van der Waals surface area contributed by atoms with Gasteiger partial charge in [0.2, 0.25) is 0 Å². The van der Waals surface area contributed by atoms with E-state index >= 15 is 0 Å². The van der Waals surface area contributed by atoms with Gasteiger partial charge in [0.25, 0.3) is 0 Å². The van der Waals surface area contributed by atoms with Gasteiger partial charge >= 0.3 is 10.1 Å². The number of alkyl halides is 1. The Labute approximate surface area is 163 Å². The lowest BCUT2D eigenvalue weighted by molar-refractivity contribution is -0.305. The first-order chi connectivity index (χ1) is 12.2. The largest absolute Gasteiger partial charge is 0.549 e. The number of carbonyl (C=O) groups excluding carboxylic acids is 1. The summed E-state index contributed by atoms with van der Waals surface area (Å²) in [5, 5.41) is 9.60. The molecule has 0 radical (unpaired) electrons. The van der Waals surface area contributed by atoms with E-state index in [0.29, 0.717) is 18.8 Å². The Kier molecular flexibility index (Phi) is 8.55.